The van der Waals surface area contributed by atoms with Gasteiger partial charge in [0.25, 0.3) is 0 Å². The van der Waals surface area contributed by atoms with Gasteiger partial charge in [0.15, 0.2) is 0 Å². The number of carbonyl (C=O) groups excluding carboxylic acids is 1. The van der Waals surface area contributed by atoms with Gasteiger partial charge in [0.2, 0.25) is 15.9 Å². The van der Waals surface area contributed by atoms with Gasteiger partial charge in [-0.15, -0.1) is 0 Å². The Labute approximate surface area is 159 Å². The number of hydrogen-bond acceptors (Lipinski definition) is 4. The van der Waals surface area contributed by atoms with Crippen molar-refractivity contribution in [1.29, 1.82) is 0 Å². The summed E-state index contributed by atoms with van der Waals surface area (Å²) in [4.78, 5) is 23.8. The Bertz CT molecular complexity index is 790. The molecule has 0 bridgehead atoms. The molecule has 0 radical (unpaired) electrons. The van der Waals surface area contributed by atoms with Crippen molar-refractivity contribution in [3.05, 3.63) is 35.9 Å². The van der Waals surface area contributed by atoms with Crippen LogP contribution in [0.2, 0.25) is 0 Å². The minimum Gasteiger partial charge on any atom is -0.481 e. The number of piperidine rings is 1. The highest BCUT2D eigenvalue weighted by molar-refractivity contribution is 7.88. The number of carbonyl (C=O) groups is 2. The van der Waals surface area contributed by atoms with Crippen molar-refractivity contribution in [2.75, 3.05) is 13.1 Å². The summed E-state index contributed by atoms with van der Waals surface area (Å²) < 4.78 is 26.9. The Morgan fingerprint density at radius 3 is 2.48 bits per heavy atom. The number of amides is 1. The number of nitrogens with zero attached hydrogens (tertiary/aromatic N) is 1. The zero-order valence-electron chi connectivity index (χ0n) is 15.3. The molecule has 1 unspecified atom stereocenters. The van der Waals surface area contributed by atoms with E-state index in [1.807, 2.05) is 6.07 Å². The molecule has 1 aromatic carbocycles. The lowest BCUT2D eigenvalue weighted by atomic mass is 9.74. The van der Waals surface area contributed by atoms with Gasteiger partial charge in [0, 0.05) is 13.1 Å². The lowest BCUT2D eigenvalue weighted by Gasteiger charge is -2.43. The fourth-order valence-electron chi connectivity index (χ4n) is 3.89. The van der Waals surface area contributed by atoms with E-state index in [2.05, 4.69) is 5.32 Å². The topological polar surface area (TPSA) is 104 Å². The third kappa shape index (κ3) is 4.87. The molecule has 2 N–H and O–H groups in total. The van der Waals surface area contributed by atoms with Gasteiger partial charge in [-0.25, -0.2) is 12.7 Å². The van der Waals surface area contributed by atoms with Crippen LogP contribution in [0.1, 0.15) is 44.1 Å². The highest BCUT2D eigenvalue weighted by Crippen LogP contribution is 2.35. The van der Waals surface area contributed by atoms with Crippen molar-refractivity contribution < 1.29 is 23.1 Å². The van der Waals surface area contributed by atoms with Crippen molar-refractivity contribution in [1.82, 2.24) is 9.62 Å². The molecule has 0 aromatic heterocycles. The lowest BCUT2D eigenvalue weighted by molar-refractivity contribution is -0.141. The van der Waals surface area contributed by atoms with Crippen LogP contribution in [0, 0.1) is 5.92 Å². The smallest absolute Gasteiger partial charge is 0.305 e. The molecule has 1 heterocycles. The molecule has 148 valence electrons. The summed E-state index contributed by atoms with van der Waals surface area (Å²) in [5.74, 6) is -1.66. The average molecular weight is 394 g/mol. The molecule has 1 aliphatic heterocycles. The summed E-state index contributed by atoms with van der Waals surface area (Å²) in [6.45, 7) is 0.573. The molecule has 0 spiro atoms. The van der Waals surface area contributed by atoms with Crippen LogP contribution in [0.4, 0.5) is 0 Å². The van der Waals surface area contributed by atoms with Crippen molar-refractivity contribution in [2.24, 2.45) is 5.92 Å². The molecule has 7 nitrogen and oxygen atoms in total. The maximum Gasteiger partial charge on any atom is 0.305 e. The van der Waals surface area contributed by atoms with Gasteiger partial charge >= 0.3 is 5.97 Å². The maximum atomic E-state index is 12.7. The predicted molar refractivity (Wildman–Crippen MR) is 100 cm³/mol. The number of sulfonamides is 1. The standard InChI is InChI=1S/C19H26N2O5S/c22-17(23)12-19(9-5-10-19)20-18(24)16-8-4-11-21(13-16)27(25,26)14-15-6-2-1-3-7-15/h1-3,6-7,16H,4-5,8-14H2,(H,20,24)(H,22,23). The van der Waals surface area contributed by atoms with Crippen LogP contribution in [0.15, 0.2) is 30.3 Å². The Morgan fingerprint density at radius 2 is 1.89 bits per heavy atom. The molecule has 1 saturated heterocycles. The Kier molecular flexibility index (Phi) is 5.86. The summed E-state index contributed by atoms with van der Waals surface area (Å²) >= 11 is 0. The van der Waals surface area contributed by atoms with Crippen LogP contribution in [0.25, 0.3) is 0 Å². The van der Waals surface area contributed by atoms with Crippen LogP contribution in [0.5, 0.6) is 0 Å². The second-order valence-electron chi connectivity index (χ2n) is 7.63. The second-order valence-corrected chi connectivity index (χ2v) is 9.60. The second kappa shape index (κ2) is 7.98. The molecule has 1 aliphatic carbocycles. The van der Waals surface area contributed by atoms with Crippen LogP contribution in [0.3, 0.4) is 0 Å². The van der Waals surface area contributed by atoms with Gasteiger partial charge in [-0.3, -0.25) is 9.59 Å². The van der Waals surface area contributed by atoms with E-state index in [1.54, 1.807) is 24.3 Å². The molecule has 2 aliphatic rings. The number of aliphatic carboxylic acids is 1. The summed E-state index contributed by atoms with van der Waals surface area (Å²) in [6.07, 6.45) is 3.38. The van der Waals surface area contributed by atoms with Gasteiger partial charge in [-0.2, -0.15) is 0 Å². The molecule has 8 heteroatoms. The molecule has 2 fully saturated rings. The van der Waals surface area contributed by atoms with E-state index >= 15 is 0 Å². The Morgan fingerprint density at radius 1 is 1.19 bits per heavy atom. The van der Waals surface area contributed by atoms with Gasteiger partial charge in [-0.05, 0) is 37.7 Å². The zero-order chi connectivity index (χ0) is 19.5. The summed E-state index contributed by atoms with van der Waals surface area (Å²) in [7, 11) is -3.50. The first kappa shape index (κ1) is 19.8. The molecule has 1 amide bonds. The number of rotatable bonds is 7. The lowest BCUT2D eigenvalue weighted by Crippen LogP contribution is -2.57. The maximum absolute atomic E-state index is 12.7. The molecular formula is C19H26N2O5S. The molecule has 3 rings (SSSR count). The molecular weight excluding hydrogens is 368 g/mol. The van der Waals surface area contributed by atoms with Crippen LogP contribution in [-0.4, -0.2) is 48.3 Å². The minimum atomic E-state index is -3.50. The van der Waals surface area contributed by atoms with Crippen LogP contribution in [-0.2, 0) is 25.4 Å². The first-order valence-electron chi connectivity index (χ1n) is 9.35. The number of nitrogens with one attached hydrogen (secondary N) is 1. The van der Waals surface area contributed by atoms with Crippen molar-refractivity contribution in [3.8, 4) is 0 Å². The molecule has 27 heavy (non-hydrogen) atoms. The van der Waals surface area contributed by atoms with E-state index in [-0.39, 0.29) is 24.6 Å². The summed E-state index contributed by atoms with van der Waals surface area (Å²) in [6, 6.07) is 9.00. The fraction of sp³-hybridized carbons (Fsp3) is 0.579. The van der Waals surface area contributed by atoms with Crippen LogP contribution >= 0.6 is 0 Å². The van der Waals surface area contributed by atoms with E-state index in [9.17, 15) is 18.0 Å². The first-order valence-corrected chi connectivity index (χ1v) is 11.0. The third-order valence-electron chi connectivity index (χ3n) is 5.53. The SMILES string of the molecule is O=C(O)CC1(NC(=O)C2CCCN(S(=O)(=O)Cc3ccccc3)C2)CCC1. The quantitative estimate of drug-likeness (QED) is 0.733. The average Bonchev–Trinajstić information content (AvgIpc) is 2.60. The van der Waals surface area contributed by atoms with Crippen LogP contribution < -0.4 is 5.32 Å². The van der Waals surface area contributed by atoms with Crippen molar-refractivity contribution in [3.63, 3.8) is 0 Å². The normalized spacial score (nSPS) is 22.6. The summed E-state index contributed by atoms with van der Waals surface area (Å²) in [5, 5.41) is 12.0. The van der Waals surface area contributed by atoms with E-state index in [4.69, 9.17) is 5.11 Å². The molecule has 1 saturated carbocycles. The Balaban J connectivity index is 1.63. The monoisotopic (exact) mass is 394 g/mol. The highest BCUT2D eigenvalue weighted by atomic mass is 32.2. The fourth-order valence-corrected chi connectivity index (χ4v) is 5.50. The van der Waals surface area contributed by atoms with Gasteiger partial charge in [0.05, 0.1) is 23.6 Å². The van der Waals surface area contributed by atoms with Crippen molar-refractivity contribution in [2.45, 2.75) is 49.8 Å². The minimum absolute atomic E-state index is 0.0782. The largest absolute Gasteiger partial charge is 0.481 e. The molecule has 1 aromatic rings. The van der Waals surface area contributed by atoms with E-state index in [0.29, 0.717) is 32.2 Å². The number of benzene rings is 1. The number of carboxylic acids is 1. The summed E-state index contributed by atoms with van der Waals surface area (Å²) in [5.41, 5.74) is 0.0626. The van der Waals surface area contributed by atoms with E-state index in [1.165, 1.54) is 4.31 Å². The van der Waals surface area contributed by atoms with Crippen molar-refractivity contribution >= 4 is 21.9 Å². The van der Waals surface area contributed by atoms with Gasteiger partial charge in [-0.1, -0.05) is 30.3 Å². The first-order chi connectivity index (χ1) is 12.8. The van der Waals surface area contributed by atoms with Gasteiger partial charge in [0.1, 0.15) is 0 Å². The van der Waals surface area contributed by atoms with E-state index in [0.717, 1.165) is 12.0 Å². The number of hydrogen-bond donors (Lipinski definition) is 2. The van der Waals surface area contributed by atoms with E-state index < -0.39 is 27.4 Å². The number of carboxylic acid groups (broad SMARTS) is 1. The molecule has 1 atom stereocenters. The predicted octanol–water partition coefficient (Wildman–Crippen LogP) is 1.74. The zero-order valence-corrected chi connectivity index (χ0v) is 16.1. The van der Waals surface area contributed by atoms with Gasteiger partial charge < -0.3 is 10.4 Å². The third-order valence-corrected chi connectivity index (χ3v) is 7.35. The highest BCUT2D eigenvalue weighted by Gasteiger charge is 2.42. The Hall–Kier alpha value is -1.93.